The minimum atomic E-state index is -0.948. The molecule has 0 saturated heterocycles. The van der Waals surface area contributed by atoms with Crippen LogP contribution in [0, 0.1) is 4.91 Å². The van der Waals surface area contributed by atoms with E-state index in [9.17, 15) is 14.5 Å². The van der Waals surface area contributed by atoms with Crippen LogP contribution in [0.2, 0.25) is 0 Å². The van der Waals surface area contributed by atoms with Gasteiger partial charge in [-0.2, -0.15) is 0 Å². The Bertz CT molecular complexity index is 378. The molecule has 0 saturated carbocycles. The summed E-state index contributed by atoms with van der Waals surface area (Å²) in [4.78, 5) is 31.2. The zero-order chi connectivity index (χ0) is 11.8. The minimum Gasteiger partial charge on any atom is -0.445 e. The van der Waals surface area contributed by atoms with Crippen molar-refractivity contribution in [2.45, 2.75) is 6.61 Å². The highest BCUT2D eigenvalue weighted by Crippen LogP contribution is 2.00. The molecule has 0 aliphatic rings. The number of ether oxygens (including phenoxy) is 1. The van der Waals surface area contributed by atoms with Crippen LogP contribution in [0.15, 0.2) is 35.5 Å². The fraction of sp³-hybridized carbons (Fsp3) is 0.200. The van der Waals surface area contributed by atoms with E-state index in [-0.39, 0.29) is 6.61 Å². The Kier molecular flexibility index (Phi) is 4.65. The molecule has 1 rings (SSSR count). The molecule has 16 heavy (non-hydrogen) atoms. The summed E-state index contributed by atoms with van der Waals surface area (Å²) in [6, 6.07) is 9.07. The summed E-state index contributed by atoms with van der Waals surface area (Å²) in [5.74, 6) is -0.948. The van der Waals surface area contributed by atoms with Crippen LogP contribution >= 0.6 is 0 Å². The summed E-state index contributed by atoms with van der Waals surface area (Å²) in [5.41, 5.74) is 0.831. The van der Waals surface area contributed by atoms with Crippen LogP contribution in [-0.2, 0) is 16.1 Å². The van der Waals surface area contributed by atoms with Crippen LogP contribution in [0.5, 0.6) is 0 Å². The zero-order valence-corrected chi connectivity index (χ0v) is 8.38. The van der Waals surface area contributed by atoms with Crippen LogP contribution in [0.25, 0.3) is 0 Å². The van der Waals surface area contributed by atoms with Crippen molar-refractivity contribution in [1.29, 1.82) is 0 Å². The predicted octanol–water partition coefficient (Wildman–Crippen LogP) is 1.21. The van der Waals surface area contributed by atoms with Crippen LogP contribution in [0.3, 0.4) is 0 Å². The number of carbonyl (C=O) groups excluding carboxylic acids is 2. The lowest BCUT2D eigenvalue weighted by molar-refractivity contribution is -0.117. The molecule has 6 heteroatoms. The summed E-state index contributed by atoms with van der Waals surface area (Å²) >= 11 is 0. The highest BCUT2D eigenvalue weighted by Gasteiger charge is 2.05. The van der Waals surface area contributed by atoms with Gasteiger partial charge in [0.2, 0.25) is 0 Å². The summed E-state index contributed by atoms with van der Waals surface area (Å²) in [7, 11) is 0. The van der Waals surface area contributed by atoms with Crippen LogP contribution < -0.4 is 5.32 Å². The molecule has 0 radical (unpaired) electrons. The first kappa shape index (κ1) is 11.8. The van der Waals surface area contributed by atoms with E-state index in [0.29, 0.717) is 0 Å². The molecular formula is C10H10N2O4. The molecule has 0 unspecified atom stereocenters. The van der Waals surface area contributed by atoms with Gasteiger partial charge in [0.15, 0.2) is 0 Å². The van der Waals surface area contributed by atoms with Gasteiger partial charge in [-0.15, -0.1) is 4.91 Å². The topological polar surface area (TPSA) is 84.8 Å². The van der Waals surface area contributed by atoms with Gasteiger partial charge in [0, 0.05) is 5.18 Å². The SMILES string of the molecule is O=NC(=O)CNC(=O)OCc1ccccc1. The molecule has 84 valence electrons. The number of hydrogen-bond acceptors (Lipinski definition) is 4. The number of benzene rings is 1. The molecule has 0 aromatic heterocycles. The van der Waals surface area contributed by atoms with Gasteiger partial charge in [-0.3, -0.25) is 4.79 Å². The monoisotopic (exact) mass is 222 g/mol. The molecule has 0 spiro atoms. The van der Waals surface area contributed by atoms with E-state index < -0.39 is 18.5 Å². The molecule has 0 atom stereocenters. The van der Waals surface area contributed by atoms with Gasteiger partial charge in [0.25, 0.3) is 0 Å². The fourth-order valence-corrected chi connectivity index (χ4v) is 0.954. The van der Waals surface area contributed by atoms with E-state index >= 15 is 0 Å². The summed E-state index contributed by atoms with van der Waals surface area (Å²) in [6.45, 7) is -0.341. The normalized spacial score (nSPS) is 9.25. The van der Waals surface area contributed by atoms with Crippen molar-refractivity contribution in [2.75, 3.05) is 6.54 Å². The van der Waals surface area contributed by atoms with Crippen LogP contribution in [0.1, 0.15) is 5.56 Å². The van der Waals surface area contributed by atoms with Crippen molar-refractivity contribution in [3.63, 3.8) is 0 Å². The van der Waals surface area contributed by atoms with Gasteiger partial charge >= 0.3 is 12.0 Å². The third-order valence-electron chi connectivity index (χ3n) is 1.70. The lowest BCUT2D eigenvalue weighted by atomic mass is 10.2. The van der Waals surface area contributed by atoms with Crippen molar-refractivity contribution in [2.24, 2.45) is 5.18 Å². The van der Waals surface area contributed by atoms with E-state index in [1.807, 2.05) is 18.2 Å². The first-order valence-electron chi connectivity index (χ1n) is 4.53. The molecule has 0 aliphatic heterocycles. The van der Waals surface area contributed by atoms with Gasteiger partial charge in [-0.05, 0) is 5.56 Å². The molecule has 0 heterocycles. The smallest absolute Gasteiger partial charge is 0.407 e. The number of rotatable bonds is 4. The Hall–Kier alpha value is -2.24. The maximum atomic E-state index is 11.0. The quantitative estimate of drug-likeness (QED) is 0.776. The highest BCUT2D eigenvalue weighted by atomic mass is 16.5. The second-order valence-electron chi connectivity index (χ2n) is 2.90. The molecule has 0 fully saturated rings. The fourth-order valence-electron chi connectivity index (χ4n) is 0.954. The Balaban J connectivity index is 2.25. The molecule has 2 amide bonds. The number of nitrogens with one attached hydrogen (secondary N) is 1. The van der Waals surface area contributed by atoms with Crippen molar-refractivity contribution in [1.82, 2.24) is 5.32 Å². The molecule has 6 nitrogen and oxygen atoms in total. The number of amides is 2. The van der Waals surface area contributed by atoms with E-state index in [1.165, 1.54) is 0 Å². The lowest BCUT2D eigenvalue weighted by Gasteiger charge is -2.04. The molecular weight excluding hydrogens is 212 g/mol. The third kappa shape index (κ3) is 4.32. The predicted molar refractivity (Wildman–Crippen MR) is 55.4 cm³/mol. The van der Waals surface area contributed by atoms with E-state index in [0.717, 1.165) is 5.56 Å². The van der Waals surface area contributed by atoms with E-state index in [2.05, 4.69) is 10.5 Å². The Morgan fingerprint density at radius 3 is 2.56 bits per heavy atom. The van der Waals surface area contributed by atoms with Crippen molar-refractivity contribution >= 4 is 12.0 Å². The highest BCUT2D eigenvalue weighted by molar-refractivity contribution is 5.82. The van der Waals surface area contributed by atoms with Gasteiger partial charge in [0.05, 0.1) is 0 Å². The van der Waals surface area contributed by atoms with Gasteiger partial charge in [0.1, 0.15) is 13.2 Å². The minimum absolute atomic E-state index is 0.107. The van der Waals surface area contributed by atoms with Crippen molar-refractivity contribution < 1.29 is 14.3 Å². The van der Waals surface area contributed by atoms with E-state index in [1.54, 1.807) is 12.1 Å². The second kappa shape index (κ2) is 6.28. The summed E-state index contributed by atoms with van der Waals surface area (Å²) < 4.78 is 4.78. The maximum absolute atomic E-state index is 11.0. The molecule has 1 aromatic carbocycles. The van der Waals surface area contributed by atoms with Crippen molar-refractivity contribution in [3.05, 3.63) is 40.8 Å². The average molecular weight is 222 g/mol. The Morgan fingerprint density at radius 2 is 1.94 bits per heavy atom. The van der Waals surface area contributed by atoms with E-state index in [4.69, 9.17) is 4.74 Å². The number of hydrogen-bond donors (Lipinski definition) is 1. The van der Waals surface area contributed by atoms with Crippen molar-refractivity contribution in [3.8, 4) is 0 Å². The molecule has 1 aromatic rings. The molecule has 1 N–H and O–H groups in total. The van der Waals surface area contributed by atoms with Gasteiger partial charge < -0.3 is 10.1 Å². The lowest BCUT2D eigenvalue weighted by Crippen LogP contribution is -2.29. The Labute approximate surface area is 91.6 Å². The van der Waals surface area contributed by atoms with Crippen LogP contribution in [0.4, 0.5) is 4.79 Å². The largest absolute Gasteiger partial charge is 0.445 e. The standard InChI is InChI=1S/C10H10N2O4/c13-9(12-15)6-11-10(14)16-7-8-4-2-1-3-5-8/h1-5H,6-7H2,(H,11,14). The number of nitrogens with zero attached hydrogens (tertiary/aromatic N) is 1. The first-order valence-corrected chi connectivity index (χ1v) is 4.53. The second-order valence-corrected chi connectivity index (χ2v) is 2.90. The zero-order valence-electron chi connectivity index (χ0n) is 8.38. The Morgan fingerprint density at radius 1 is 1.25 bits per heavy atom. The first-order chi connectivity index (χ1) is 7.72. The molecule has 0 bridgehead atoms. The molecule has 0 aliphatic carbocycles. The number of carbonyl (C=O) groups is 2. The average Bonchev–Trinajstić information content (AvgIpc) is 2.34. The summed E-state index contributed by atoms with van der Waals surface area (Å²) in [6.07, 6.45) is -0.763. The third-order valence-corrected chi connectivity index (χ3v) is 1.70. The number of alkyl carbamates (subject to hydrolysis) is 1. The van der Waals surface area contributed by atoms with Crippen LogP contribution in [-0.4, -0.2) is 18.5 Å². The van der Waals surface area contributed by atoms with Gasteiger partial charge in [-0.1, -0.05) is 30.3 Å². The number of nitroso groups, excluding NO2 is 1. The maximum Gasteiger partial charge on any atom is 0.407 e. The van der Waals surface area contributed by atoms with Gasteiger partial charge in [-0.25, -0.2) is 4.79 Å². The summed E-state index contributed by atoms with van der Waals surface area (Å²) in [5, 5.41) is 4.22.